The fourth-order valence-corrected chi connectivity index (χ4v) is 1.60. The summed E-state index contributed by atoms with van der Waals surface area (Å²) >= 11 is 5.39. The molecule has 0 aliphatic rings. The molecule has 0 unspecified atom stereocenters. The number of alkyl halides is 4. The van der Waals surface area contributed by atoms with Crippen LogP contribution in [0.2, 0.25) is 5.02 Å². The molecule has 0 aliphatic carbocycles. The van der Waals surface area contributed by atoms with Crippen molar-refractivity contribution in [2.75, 3.05) is 6.67 Å². The van der Waals surface area contributed by atoms with Crippen LogP contribution in [0.15, 0.2) is 12.1 Å². The van der Waals surface area contributed by atoms with Crippen molar-refractivity contribution < 1.29 is 22.0 Å². The monoisotopic (exact) mass is 273 g/mol. The van der Waals surface area contributed by atoms with Crippen molar-refractivity contribution in [2.24, 2.45) is 5.73 Å². The molecule has 1 atom stereocenters. The summed E-state index contributed by atoms with van der Waals surface area (Å²) in [5.74, 6) is -1.25. The quantitative estimate of drug-likeness (QED) is 0.832. The topological polar surface area (TPSA) is 26.0 Å². The zero-order valence-electron chi connectivity index (χ0n) is 8.49. The summed E-state index contributed by atoms with van der Waals surface area (Å²) in [6, 6.07) is 0.0554. The van der Waals surface area contributed by atoms with Gasteiger partial charge < -0.3 is 5.73 Å². The predicted molar refractivity (Wildman–Crippen MR) is 53.9 cm³/mol. The average Bonchev–Trinajstić information content (AvgIpc) is 2.20. The highest BCUT2D eigenvalue weighted by Crippen LogP contribution is 2.38. The summed E-state index contributed by atoms with van der Waals surface area (Å²) in [4.78, 5) is 0. The van der Waals surface area contributed by atoms with Crippen LogP contribution in [0, 0.1) is 5.82 Å². The highest BCUT2D eigenvalue weighted by atomic mass is 35.5. The zero-order valence-corrected chi connectivity index (χ0v) is 9.25. The second kappa shape index (κ2) is 5.18. The van der Waals surface area contributed by atoms with E-state index in [4.69, 9.17) is 17.3 Å². The Morgan fingerprint density at radius 1 is 1.29 bits per heavy atom. The van der Waals surface area contributed by atoms with Gasteiger partial charge in [0.05, 0.1) is 17.3 Å². The van der Waals surface area contributed by atoms with Crippen molar-refractivity contribution in [1.82, 2.24) is 0 Å². The zero-order chi connectivity index (χ0) is 13.2. The highest BCUT2D eigenvalue weighted by molar-refractivity contribution is 6.30. The molecule has 0 aromatic heterocycles. The second-order valence-corrected chi connectivity index (χ2v) is 3.81. The van der Waals surface area contributed by atoms with Gasteiger partial charge in [-0.15, -0.1) is 0 Å². The standard InChI is InChI=1S/C10H9ClF5N/c11-6-2-1-5(10(14,15)16)8(9(6)13)7(17)3-4-12/h1-2,7H,3-4,17H2/t7-/m1/s1. The summed E-state index contributed by atoms with van der Waals surface area (Å²) in [5, 5.41) is -0.470. The van der Waals surface area contributed by atoms with Gasteiger partial charge in [0.15, 0.2) is 0 Å². The second-order valence-electron chi connectivity index (χ2n) is 3.40. The van der Waals surface area contributed by atoms with Crippen LogP contribution in [0.1, 0.15) is 23.6 Å². The van der Waals surface area contributed by atoms with E-state index in [1.54, 1.807) is 0 Å². The largest absolute Gasteiger partial charge is 0.416 e. The molecule has 1 nitrogen and oxygen atoms in total. The minimum atomic E-state index is -4.76. The van der Waals surface area contributed by atoms with Crippen LogP contribution >= 0.6 is 11.6 Å². The lowest BCUT2D eigenvalue weighted by molar-refractivity contribution is -0.138. The van der Waals surface area contributed by atoms with Crippen molar-refractivity contribution in [1.29, 1.82) is 0 Å². The molecule has 0 saturated heterocycles. The van der Waals surface area contributed by atoms with Gasteiger partial charge >= 0.3 is 6.18 Å². The molecule has 0 aliphatic heterocycles. The Bertz CT molecular complexity index is 404. The SMILES string of the molecule is N[C@H](CCF)c1c(C(F)(F)F)ccc(Cl)c1F. The van der Waals surface area contributed by atoms with Crippen LogP contribution in [-0.4, -0.2) is 6.67 Å². The van der Waals surface area contributed by atoms with Gasteiger partial charge in [0, 0.05) is 11.6 Å². The van der Waals surface area contributed by atoms with E-state index in [-0.39, 0.29) is 0 Å². The van der Waals surface area contributed by atoms with Gasteiger partial charge in [-0.2, -0.15) is 13.2 Å². The Morgan fingerprint density at radius 2 is 1.88 bits per heavy atom. The molecular weight excluding hydrogens is 265 g/mol. The Labute approximate surface area is 99.4 Å². The van der Waals surface area contributed by atoms with E-state index >= 15 is 0 Å². The fourth-order valence-electron chi connectivity index (χ4n) is 1.44. The van der Waals surface area contributed by atoms with Gasteiger partial charge in [-0.3, -0.25) is 4.39 Å². The summed E-state index contributed by atoms with van der Waals surface area (Å²) in [6.45, 7) is -0.940. The first-order valence-electron chi connectivity index (χ1n) is 4.65. The minimum Gasteiger partial charge on any atom is -0.324 e. The molecule has 0 amide bonds. The van der Waals surface area contributed by atoms with E-state index in [0.717, 1.165) is 6.07 Å². The molecule has 0 radical (unpaired) electrons. The van der Waals surface area contributed by atoms with Crippen molar-refractivity contribution in [3.63, 3.8) is 0 Å². The molecule has 17 heavy (non-hydrogen) atoms. The van der Waals surface area contributed by atoms with E-state index in [1.165, 1.54) is 0 Å². The predicted octanol–water partition coefficient (Wildman–Crippen LogP) is 3.86. The van der Waals surface area contributed by atoms with Crippen molar-refractivity contribution in [3.05, 3.63) is 34.1 Å². The third-order valence-corrected chi connectivity index (χ3v) is 2.52. The number of hydrogen-bond acceptors (Lipinski definition) is 1. The number of benzene rings is 1. The third kappa shape index (κ3) is 3.07. The van der Waals surface area contributed by atoms with E-state index in [0.29, 0.717) is 6.07 Å². The molecule has 2 N–H and O–H groups in total. The highest BCUT2D eigenvalue weighted by Gasteiger charge is 2.36. The summed E-state index contributed by atoms with van der Waals surface area (Å²) in [6.07, 6.45) is -5.16. The van der Waals surface area contributed by atoms with Gasteiger partial charge in [0.1, 0.15) is 5.82 Å². The smallest absolute Gasteiger partial charge is 0.324 e. The minimum absolute atomic E-state index is 0.402. The normalized spacial score (nSPS) is 13.8. The van der Waals surface area contributed by atoms with Crippen molar-refractivity contribution >= 4 is 11.6 Å². The van der Waals surface area contributed by atoms with E-state index in [2.05, 4.69) is 0 Å². The third-order valence-electron chi connectivity index (χ3n) is 2.23. The Morgan fingerprint density at radius 3 is 2.35 bits per heavy atom. The Balaban J connectivity index is 3.36. The van der Waals surface area contributed by atoms with Crippen molar-refractivity contribution in [3.8, 4) is 0 Å². The number of rotatable bonds is 3. The molecular formula is C10H9ClF5N. The molecule has 96 valence electrons. The Kier molecular flexibility index (Phi) is 4.32. The molecule has 0 fully saturated rings. The molecule has 1 aromatic carbocycles. The van der Waals surface area contributed by atoms with Gasteiger partial charge in [0.2, 0.25) is 0 Å². The van der Waals surface area contributed by atoms with Crippen molar-refractivity contribution in [2.45, 2.75) is 18.6 Å². The number of nitrogens with two attached hydrogens (primary N) is 1. The molecule has 7 heteroatoms. The van der Waals surface area contributed by atoms with E-state index in [9.17, 15) is 22.0 Å². The summed E-state index contributed by atoms with van der Waals surface area (Å²) in [7, 11) is 0. The van der Waals surface area contributed by atoms with Crippen LogP contribution in [0.3, 0.4) is 0 Å². The maximum absolute atomic E-state index is 13.5. The molecule has 0 spiro atoms. The molecule has 0 saturated carbocycles. The van der Waals surface area contributed by atoms with Gasteiger partial charge in [-0.1, -0.05) is 11.6 Å². The van der Waals surface area contributed by atoms with E-state index in [1.807, 2.05) is 0 Å². The fraction of sp³-hybridized carbons (Fsp3) is 0.400. The first kappa shape index (κ1) is 14.2. The molecule has 1 rings (SSSR count). The van der Waals surface area contributed by atoms with Gasteiger partial charge in [-0.25, -0.2) is 4.39 Å². The summed E-state index contributed by atoms with van der Waals surface area (Å²) in [5.41, 5.74) is 3.32. The Hall–Kier alpha value is -0.880. The van der Waals surface area contributed by atoms with Crippen LogP contribution in [0.4, 0.5) is 22.0 Å². The maximum Gasteiger partial charge on any atom is 0.416 e. The van der Waals surface area contributed by atoms with E-state index < -0.39 is 47.3 Å². The molecule has 0 bridgehead atoms. The van der Waals surface area contributed by atoms with Crippen LogP contribution < -0.4 is 5.73 Å². The first-order valence-corrected chi connectivity index (χ1v) is 5.03. The average molecular weight is 274 g/mol. The number of halogens is 6. The lowest BCUT2D eigenvalue weighted by Gasteiger charge is -2.18. The van der Waals surface area contributed by atoms with Crippen LogP contribution in [-0.2, 0) is 6.18 Å². The van der Waals surface area contributed by atoms with Crippen LogP contribution in [0.5, 0.6) is 0 Å². The lowest BCUT2D eigenvalue weighted by Crippen LogP contribution is -2.20. The lowest BCUT2D eigenvalue weighted by atomic mass is 9.98. The first-order chi connectivity index (χ1) is 7.79. The molecule has 1 aromatic rings. The summed E-state index contributed by atoms with van der Waals surface area (Å²) < 4.78 is 63.4. The molecule has 0 heterocycles. The van der Waals surface area contributed by atoms with Gasteiger partial charge in [-0.05, 0) is 18.6 Å². The maximum atomic E-state index is 13.5. The van der Waals surface area contributed by atoms with Gasteiger partial charge in [0.25, 0.3) is 0 Å². The number of hydrogen-bond donors (Lipinski definition) is 1. The van der Waals surface area contributed by atoms with Crippen LogP contribution in [0.25, 0.3) is 0 Å².